The highest BCUT2D eigenvalue weighted by Crippen LogP contribution is 2.51. The predicted octanol–water partition coefficient (Wildman–Crippen LogP) is 8.99. The average Bonchev–Trinajstić information content (AvgIpc) is 2.94. The highest BCUT2D eigenvalue weighted by atomic mass is 16.3. The Morgan fingerprint density at radius 2 is 1.22 bits per heavy atom. The van der Waals surface area contributed by atoms with Gasteiger partial charge in [0.25, 0.3) is 0 Å². The number of phenolic OH excluding ortho intramolecular Hbond substituents is 1. The predicted molar refractivity (Wildman–Crippen MR) is 155 cm³/mol. The Kier molecular flexibility index (Phi) is 5.53. The molecule has 0 aliphatic heterocycles. The van der Waals surface area contributed by atoms with E-state index in [0.717, 1.165) is 0 Å². The molecule has 6 rings (SSSR count). The minimum Gasteiger partial charge on any atom is -0.508 e. The van der Waals surface area contributed by atoms with Crippen molar-refractivity contribution in [3.8, 4) is 5.75 Å². The number of aromatic hydroxyl groups is 1. The number of benzene rings is 5. The molecular weight excluding hydrogens is 448 g/mol. The van der Waals surface area contributed by atoms with Crippen molar-refractivity contribution in [1.29, 1.82) is 0 Å². The summed E-state index contributed by atoms with van der Waals surface area (Å²) in [6, 6.07) is 40.8. The first-order valence-corrected chi connectivity index (χ1v) is 13.1. The van der Waals surface area contributed by atoms with Gasteiger partial charge in [0.2, 0.25) is 0 Å². The van der Waals surface area contributed by atoms with E-state index < -0.39 is 0 Å². The van der Waals surface area contributed by atoms with Gasteiger partial charge in [-0.2, -0.15) is 0 Å². The van der Waals surface area contributed by atoms with Gasteiger partial charge < -0.3 is 5.11 Å². The number of phenols is 1. The van der Waals surface area contributed by atoms with Crippen molar-refractivity contribution in [1.82, 2.24) is 0 Å². The summed E-state index contributed by atoms with van der Waals surface area (Å²) in [5.74, 6) is 0.478. The molecule has 0 bridgehead atoms. The van der Waals surface area contributed by atoms with Crippen LogP contribution >= 0.6 is 0 Å². The molecule has 5 aromatic rings. The van der Waals surface area contributed by atoms with E-state index >= 15 is 0 Å². The van der Waals surface area contributed by atoms with Gasteiger partial charge in [-0.05, 0) is 56.3 Å². The van der Waals surface area contributed by atoms with Gasteiger partial charge in [-0.3, -0.25) is 0 Å². The standard InChI is InChI=1S/C36H32O/c1-35(2,26-18-20-29(37)21-19-26)32-23-17-25-11-10-16-30-33(24-22-31(32)34(25)30)36(3,27-12-6-4-7-13-27)28-14-8-5-9-15-28/h4-24,33,37H,1-3H3. The summed E-state index contributed by atoms with van der Waals surface area (Å²) in [6.07, 6.45) is 4.79. The zero-order valence-corrected chi connectivity index (χ0v) is 21.6. The third kappa shape index (κ3) is 3.69. The van der Waals surface area contributed by atoms with Gasteiger partial charge in [0.1, 0.15) is 5.75 Å². The van der Waals surface area contributed by atoms with Gasteiger partial charge in [0, 0.05) is 16.7 Å². The minimum absolute atomic E-state index is 0.181. The van der Waals surface area contributed by atoms with Crippen LogP contribution in [0.5, 0.6) is 5.75 Å². The second-order valence-corrected chi connectivity index (χ2v) is 10.9. The van der Waals surface area contributed by atoms with Crippen molar-refractivity contribution in [2.75, 3.05) is 0 Å². The van der Waals surface area contributed by atoms with Crippen molar-refractivity contribution in [3.05, 3.63) is 155 Å². The summed E-state index contributed by atoms with van der Waals surface area (Å²) in [5, 5.41) is 12.5. The van der Waals surface area contributed by atoms with Gasteiger partial charge in [-0.1, -0.05) is 136 Å². The highest BCUT2D eigenvalue weighted by molar-refractivity contribution is 5.97. The molecule has 1 aliphatic carbocycles. The monoisotopic (exact) mass is 480 g/mol. The summed E-state index contributed by atoms with van der Waals surface area (Å²) < 4.78 is 0. The Bertz CT molecular complexity index is 1550. The summed E-state index contributed by atoms with van der Waals surface area (Å²) in [5.41, 5.74) is 7.34. The molecule has 0 saturated heterocycles. The highest BCUT2D eigenvalue weighted by Gasteiger charge is 2.40. The van der Waals surface area contributed by atoms with E-state index in [1.807, 2.05) is 12.1 Å². The molecule has 0 fully saturated rings. The lowest BCUT2D eigenvalue weighted by Crippen LogP contribution is -2.32. The van der Waals surface area contributed by atoms with Crippen LogP contribution in [-0.4, -0.2) is 5.11 Å². The van der Waals surface area contributed by atoms with Gasteiger partial charge in [0.15, 0.2) is 0 Å². The molecule has 1 N–H and O–H groups in total. The first-order valence-electron chi connectivity index (χ1n) is 13.1. The van der Waals surface area contributed by atoms with Crippen LogP contribution in [0, 0.1) is 0 Å². The van der Waals surface area contributed by atoms with Crippen LogP contribution in [0.2, 0.25) is 0 Å². The van der Waals surface area contributed by atoms with E-state index in [9.17, 15) is 5.11 Å². The molecule has 0 aromatic heterocycles. The summed E-state index contributed by atoms with van der Waals surface area (Å²) in [7, 11) is 0. The van der Waals surface area contributed by atoms with Crippen molar-refractivity contribution in [2.45, 2.75) is 37.5 Å². The topological polar surface area (TPSA) is 20.2 Å². The number of hydrogen-bond donors (Lipinski definition) is 1. The normalized spacial score (nSPS) is 15.2. The molecule has 0 radical (unpaired) electrons. The fourth-order valence-corrected chi connectivity index (χ4v) is 6.34. The van der Waals surface area contributed by atoms with Crippen LogP contribution in [0.3, 0.4) is 0 Å². The van der Waals surface area contributed by atoms with Crippen LogP contribution in [0.4, 0.5) is 0 Å². The fourth-order valence-electron chi connectivity index (χ4n) is 6.34. The van der Waals surface area contributed by atoms with Crippen molar-refractivity contribution in [2.24, 2.45) is 0 Å². The molecule has 1 nitrogen and oxygen atoms in total. The van der Waals surface area contributed by atoms with Crippen LogP contribution in [0.25, 0.3) is 16.8 Å². The van der Waals surface area contributed by atoms with Gasteiger partial charge in [-0.15, -0.1) is 0 Å². The largest absolute Gasteiger partial charge is 0.508 e. The van der Waals surface area contributed by atoms with E-state index in [0.29, 0.717) is 5.75 Å². The molecule has 0 saturated carbocycles. The minimum atomic E-state index is -0.229. The second-order valence-electron chi connectivity index (χ2n) is 10.9. The first-order chi connectivity index (χ1) is 17.9. The lowest BCUT2D eigenvalue weighted by Gasteiger charge is -2.40. The zero-order valence-electron chi connectivity index (χ0n) is 21.6. The molecular formula is C36H32O. The number of rotatable bonds is 5. The molecule has 0 spiro atoms. The Hall–Kier alpha value is -4.10. The summed E-state index contributed by atoms with van der Waals surface area (Å²) in [4.78, 5) is 0. The van der Waals surface area contributed by atoms with Crippen molar-refractivity contribution < 1.29 is 5.11 Å². The van der Waals surface area contributed by atoms with E-state index in [1.165, 1.54) is 44.2 Å². The van der Waals surface area contributed by atoms with Gasteiger partial charge in [-0.25, -0.2) is 0 Å². The molecule has 37 heavy (non-hydrogen) atoms. The first kappa shape index (κ1) is 23.3. The maximum Gasteiger partial charge on any atom is 0.115 e. The van der Waals surface area contributed by atoms with Crippen LogP contribution in [-0.2, 0) is 10.8 Å². The molecule has 1 heteroatoms. The Labute approximate surface area is 219 Å². The number of allylic oxidation sites excluding steroid dienone is 1. The molecule has 182 valence electrons. The molecule has 1 unspecified atom stereocenters. The quantitative estimate of drug-likeness (QED) is 0.266. The third-order valence-electron chi connectivity index (χ3n) is 8.54. The van der Waals surface area contributed by atoms with Gasteiger partial charge >= 0.3 is 0 Å². The maximum atomic E-state index is 9.86. The second kappa shape index (κ2) is 8.78. The van der Waals surface area contributed by atoms with Gasteiger partial charge in [0.05, 0.1) is 0 Å². The molecule has 5 aromatic carbocycles. The Balaban J connectivity index is 1.58. The van der Waals surface area contributed by atoms with E-state index in [4.69, 9.17) is 0 Å². The molecule has 1 aliphatic rings. The Morgan fingerprint density at radius 3 is 1.84 bits per heavy atom. The van der Waals surface area contributed by atoms with Crippen LogP contribution in [0.15, 0.2) is 121 Å². The van der Waals surface area contributed by atoms with Crippen LogP contribution in [0.1, 0.15) is 60.1 Å². The maximum absolute atomic E-state index is 9.86. The van der Waals surface area contributed by atoms with E-state index in [2.05, 4.69) is 124 Å². The smallest absolute Gasteiger partial charge is 0.115 e. The average molecular weight is 481 g/mol. The van der Waals surface area contributed by atoms with Crippen molar-refractivity contribution >= 4 is 16.8 Å². The van der Waals surface area contributed by atoms with Crippen LogP contribution < -0.4 is 0 Å². The zero-order chi connectivity index (χ0) is 25.6. The molecule has 0 amide bonds. The van der Waals surface area contributed by atoms with E-state index in [-0.39, 0.29) is 16.7 Å². The fraction of sp³-hybridized carbons (Fsp3) is 0.167. The summed E-state index contributed by atoms with van der Waals surface area (Å²) in [6.45, 7) is 6.94. The van der Waals surface area contributed by atoms with Crippen molar-refractivity contribution in [3.63, 3.8) is 0 Å². The molecule has 1 atom stereocenters. The van der Waals surface area contributed by atoms with E-state index in [1.54, 1.807) is 12.1 Å². The Morgan fingerprint density at radius 1 is 0.595 bits per heavy atom. The summed E-state index contributed by atoms with van der Waals surface area (Å²) >= 11 is 0. The molecule has 0 heterocycles. The SMILES string of the molecule is CC(C)(c1ccc(O)cc1)c1ccc2cccc3c2c1C=CC3C(C)(c1ccccc1)c1ccccc1. The number of hydrogen-bond acceptors (Lipinski definition) is 1. The lowest BCUT2D eigenvalue weighted by molar-refractivity contribution is 0.474. The third-order valence-corrected chi connectivity index (χ3v) is 8.54. The lowest BCUT2D eigenvalue weighted by atomic mass is 9.62.